The zero-order valence-corrected chi connectivity index (χ0v) is 13.4. The van der Waals surface area contributed by atoms with E-state index >= 15 is 0 Å². The van der Waals surface area contributed by atoms with Crippen LogP contribution in [0.4, 0.5) is 0 Å². The van der Waals surface area contributed by atoms with Crippen molar-refractivity contribution in [2.45, 2.75) is 18.1 Å². The summed E-state index contributed by atoms with van der Waals surface area (Å²) in [7, 11) is 3.20. The van der Waals surface area contributed by atoms with Gasteiger partial charge in [0.05, 0.1) is 26.0 Å². The first kappa shape index (κ1) is 16.2. The molecule has 2 N–H and O–H groups in total. The minimum atomic E-state index is -0.201. The van der Waals surface area contributed by atoms with E-state index < -0.39 is 0 Å². The number of aromatic nitrogens is 3. The second-order valence-corrected chi connectivity index (χ2v) is 5.44. The van der Waals surface area contributed by atoms with Crippen LogP contribution in [-0.2, 0) is 4.79 Å². The number of methoxy groups -OCH3 is 2. The van der Waals surface area contributed by atoms with Crippen LogP contribution in [0.2, 0.25) is 0 Å². The van der Waals surface area contributed by atoms with E-state index in [0.29, 0.717) is 16.7 Å². The Morgan fingerprint density at radius 2 is 2.23 bits per heavy atom. The number of nitrogens with one attached hydrogen (secondary N) is 2. The standard InChI is InChI=1S/C14H18N4O3S/c1-9(11-6-10(20-2)4-5-12(11)21-3)17-13(19)7-22-14-15-8-16-18-14/h4-6,8-9H,7H2,1-3H3,(H,17,19)(H,15,16,18)/t9-/m1/s1. The molecule has 1 heterocycles. The third-order valence-electron chi connectivity index (χ3n) is 3.01. The highest BCUT2D eigenvalue weighted by atomic mass is 32.2. The zero-order valence-electron chi connectivity index (χ0n) is 12.6. The molecule has 1 aromatic carbocycles. The largest absolute Gasteiger partial charge is 0.497 e. The predicted molar refractivity (Wildman–Crippen MR) is 83.2 cm³/mol. The highest BCUT2D eigenvalue weighted by Crippen LogP contribution is 2.29. The second-order valence-electron chi connectivity index (χ2n) is 4.48. The van der Waals surface area contributed by atoms with E-state index in [1.54, 1.807) is 14.2 Å². The molecule has 7 nitrogen and oxygen atoms in total. The average molecular weight is 322 g/mol. The van der Waals surface area contributed by atoms with Gasteiger partial charge in [0.2, 0.25) is 5.91 Å². The molecular weight excluding hydrogens is 304 g/mol. The summed E-state index contributed by atoms with van der Waals surface area (Å²) in [4.78, 5) is 16.0. The van der Waals surface area contributed by atoms with Gasteiger partial charge in [-0.1, -0.05) is 11.8 Å². The molecule has 0 unspecified atom stereocenters. The molecule has 0 spiro atoms. The lowest BCUT2D eigenvalue weighted by molar-refractivity contribution is -0.119. The van der Waals surface area contributed by atoms with Crippen molar-refractivity contribution in [1.82, 2.24) is 20.5 Å². The van der Waals surface area contributed by atoms with Gasteiger partial charge >= 0.3 is 0 Å². The Morgan fingerprint density at radius 3 is 2.86 bits per heavy atom. The predicted octanol–water partition coefficient (Wildman–Crippen LogP) is 1.79. The molecule has 118 valence electrons. The van der Waals surface area contributed by atoms with Crippen LogP contribution in [0.15, 0.2) is 29.7 Å². The number of ether oxygens (including phenoxy) is 2. The lowest BCUT2D eigenvalue weighted by Gasteiger charge is -2.18. The number of aromatic amines is 1. The first-order valence-corrected chi connectivity index (χ1v) is 7.62. The van der Waals surface area contributed by atoms with E-state index in [4.69, 9.17) is 9.47 Å². The fraction of sp³-hybridized carbons (Fsp3) is 0.357. The van der Waals surface area contributed by atoms with Crippen molar-refractivity contribution in [2.24, 2.45) is 0 Å². The molecule has 0 radical (unpaired) electrons. The van der Waals surface area contributed by atoms with E-state index in [2.05, 4.69) is 20.5 Å². The lowest BCUT2D eigenvalue weighted by atomic mass is 10.1. The third kappa shape index (κ3) is 4.14. The van der Waals surface area contributed by atoms with E-state index in [1.165, 1.54) is 18.1 Å². The molecule has 0 aliphatic carbocycles. The van der Waals surface area contributed by atoms with Gasteiger partial charge < -0.3 is 14.8 Å². The summed E-state index contributed by atoms with van der Waals surface area (Å²) < 4.78 is 10.5. The highest BCUT2D eigenvalue weighted by Gasteiger charge is 2.15. The number of carbonyl (C=O) groups is 1. The second kappa shape index (κ2) is 7.69. The topological polar surface area (TPSA) is 89.1 Å². The molecule has 22 heavy (non-hydrogen) atoms. The first-order chi connectivity index (χ1) is 10.6. The van der Waals surface area contributed by atoms with Crippen molar-refractivity contribution in [3.8, 4) is 11.5 Å². The third-order valence-corrected chi connectivity index (χ3v) is 3.89. The van der Waals surface area contributed by atoms with Crippen LogP contribution < -0.4 is 14.8 Å². The summed E-state index contributed by atoms with van der Waals surface area (Å²) in [5.74, 6) is 1.58. The number of hydrogen-bond acceptors (Lipinski definition) is 6. The van der Waals surface area contributed by atoms with Crippen LogP contribution >= 0.6 is 11.8 Å². The number of H-pyrrole nitrogens is 1. The van der Waals surface area contributed by atoms with Gasteiger partial charge in [-0.15, -0.1) is 0 Å². The van der Waals surface area contributed by atoms with Crippen LogP contribution in [0.25, 0.3) is 0 Å². The first-order valence-electron chi connectivity index (χ1n) is 6.63. The number of thioether (sulfide) groups is 1. The fourth-order valence-corrected chi connectivity index (χ4v) is 2.53. The minimum Gasteiger partial charge on any atom is -0.497 e. The summed E-state index contributed by atoms with van der Waals surface area (Å²) >= 11 is 1.29. The van der Waals surface area contributed by atoms with E-state index in [0.717, 1.165) is 5.56 Å². The van der Waals surface area contributed by atoms with Gasteiger partial charge in [-0.2, -0.15) is 5.10 Å². The molecular formula is C14H18N4O3S. The van der Waals surface area contributed by atoms with Gasteiger partial charge in [0.15, 0.2) is 5.16 Å². The van der Waals surface area contributed by atoms with Gasteiger partial charge in [0.25, 0.3) is 0 Å². The van der Waals surface area contributed by atoms with Crippen LogP contribution in [0.1, 0.15) is 18.5 Å². The number of amides is 1. The Hall–Kier alpha value is -2.22. The molecule has 2 rings (SSSR count). The molecule has 1 aromatic heterocycles. The maximum absolute atomic E-state index is 12.0. The smallest absolute Gasteiger partial charge is 0.230 e. The summed E-state index contributed by atoms with van der Waals surface area (Å²) in [5.41, 5.74) is 0.861. The number of carbonyl (C=O) groups excluding carboxylic acids is 1. The lowest BCUT2D eigenvalue weighted by Crippen LogP contribution is -2.28. The fourth-order valence-electron chi connectivity index (χ4n) is 1.94. The summed E-state index contributed by atoms with van der Waals surface area (Å²) in [6, 6.07) is 5.29. The summed E-state index contributed by atoms with van der Waals surface area (Å²) in [6.45, 7) is 1.90. The minimum absolute atomic E-state index is 0.0984. The van der Waals surface area contributed by atoms with Crippen molar-refractivity contribution in [3.05, 3.63) is 30.1 Å². The molecule has 1 atom stereocenters. The monoisotopic (exact) mass is 322 g/mol. The summed E-state index contributed by atoms with van der Waals surface area (Å²) in [6.07, 6.45) is 1.41. The number of rotatable bonds is 7. The number of benzene rings is 1. The van der Waals surface area contributed by atoms with Crippen molar-refractivity contribution in [2.75, 3.05) is 20.0 Å². The quantitative estimate of drug-likeness (QED) is 0.756. The van der Waals surface area contributed by atoms with Gasteiger partial charge in [-0.05, 0) is 25.1 Å². The molecule has 0 fully saturated rings. The maximum atomic E-state index is 12.0. The van der Waals surface area contributed by atoms with E-state index in [-0.39, 0.29) is 17.7 Å². The van der Waals surface area contributed by atoms with Gasteiger partial charge in [-0.25, -0.2) is 4.98 Å². The summed E-state index contributed by atoms with van der Waals surface area (Å²) in [5, 5.41) is 9.97. The van der Waals surface area contributed by atoms with Crippen molar-refractivity contribution in [3.63, 3.8) is 0 Å². The Labute approximate surface area is 132 Å². The van der Waals surface area contributed by atoms with Crippen molar-refractivity contribution < 1.29 is 14.3 Å². The van der Waals surface area contributed by atoms with Crippen molar-refractivity contribution >= 4 is 17.7 Å². The SMILES string of the molecule is COc1ccc(OC)c([C@@H](C)NC(=O)CSc2ncn[nH]2)c1. The van der Waals surface area contributed by atoms with E-state index in [9.17, 15) is 4.79 Å². The number of nitrogens with zero attached hydrogens (tertiary/aromatic N) is 2. The Balaban J connectivity index is 1.98. The molecule has 0 aliphatic rings. The maximum Gasteiger partial charge on any atom is 0.230 e. The molecule has 0 bridgehead atoms. The molecule has 0 saturated carbocycles. The molecule has 1 amide bonds. The van der Waals surface area contributed by atoms with Crippen LogP contribution in [0.3, 0.4) is 0 Å². The van der Waals surface area contributed by atoms with E-state index in [1.807, 2.05) is 25.1 Å². The van der Waals surface area contributed by atoms with Crippen LogP contribution in [-0.4, -0.2) is 41.1 Å². The normalized spacial score (nSPS) is 11.8. The van der Waals surface area contributed by atoms with Gasteiger partial charge in [0, 0.05) is 5.56 Å². The highest BCUT2D eigenvalue weighted by molar-refractivity contribution is 7.99. The van der Waals surface area contributed by atoms with Crippen molar-refractivity contribution in [1.29, 1.82) is 0 Å². The zero-order chi connectivity index (χ0) is 15.9. The Bertz CT molecular complexity index is 619. The van der Waals surface area contributed by atoms with Crippen LogP contribution in [0, 0.1) is 0 Å². The molecule has 0 saturated heterocycles. The van der Waals surface area contributed by atoms with Gasteiger partial charge in [0.1, 0.15) is 17.8 Å². The van der Waals surface area contributed by atoms with Crippen LogP contribution in [0.5, 0.6) is 11.5 Å². The molecule has 2 aromatic rings. The molecule has 8 heteroatoms. The Kier molecular flexibility index (Phi) is 5.65. The Morgan fingerprint density at radius 1 is 1.41 bits per heavy atom. The molecule has 0 aliphatic heterocycles. The average Bonchev–Trinajstić information content (AvgIpc) is 3.05. The number of hydrogen-bond donors (Lipinski definition) is 2. The van der Waals surface area contributed by atoms with Gasteiger partial charge in [-0.3, -0.25) is 9.89 Å².